The topological polar surface area (TPSA) is 90.3 Å². The number of oxazole rings is 1. The number of aromatic amines is 1. The molecular formula is C32H32N6O2. The number of piperidine rings is 1. The van der Waals surface area contributed by atoms with Crippen LogP contribution in [-0.4, -0.2) is 50.6 Å². The first-order chi connectivity index (χ1) is 19.6. The first-order valence-electron chi connectivity index (χ1n) is 14.0. The highest BCUT2D eigenvalue weighted by Gasteiger charge is 2.26. The van der Waals surface area contributed by atoms with Crippen molar-refractivity contribution in [1.82, 2.24) is 30.3 Å². The first kappa shape index (κ1) is 24.6. The Morgan fingerprint density at radius 2 is 1.95 bits per heavy atom. The number of aryl methyl sites for hydroxylation is 1. The van der Waals surface area contributed by atoms with Gasteiger partial charge in [0.05, 0.1) is 12.2 Å². The second-order valence-corrected chi connectivity index (χ2v) is 10.9. The maximum Gasteiger partial charge on any atom is 0.321 e. The monoisotopic (exact) mass is 532 g/mol. The van der Waals surface area contributed by atoms with E-state index in [0.717, 1.165) is 72.5 Å². The van der Waals surface area contributed by atoms with Gasteiger partial charge in [-0.05, 0) is 65.6 Å². The Morgan fingerprint density at radius 3 is 2.88 bits per heavy atom. The van der Waals surface area contributed by atoms with Crippen LogP contribution in [0.3, 0.4) is 0 Å². The standard InChI is InChI=1S/C32H32N6O2/c1-21-34-29-16-26(10-11-30(29)40-21)31-27-20-38(14-12-28(27)35-36-31)32(39)33-17-23-5-4-13-37(19-23)18-22-8-9-24-6-2-3-7-25(24)15-22/h2-3,6-11,15-17H,4-5,12-14,18-20H2,1H3,(H,33,39)(H,35,36)/b23-17-. The molecule has 0 saturated carbocycles. The Labute approximate surface area is 232 Å². The van der Waals surface area contributed by atoms with Crippen molar-refractivity contribution in [3.63, 3.8) is 0 Å². The lowest BCUT2D eigenvalue weighted by Gasteiger charge is -2.30. The van der Waals surface area contributed by atoms with Crippen LogP contribution in [0.5, 0.6) is 0 Å². The van der Waals surface area contributed by atoms with E-state index in [1.165, 1.54) is 21.9 Å². The zero-order valence-corrected chi connectivity index (χ0v) is 22.6. The van der Waals surface area contributed by atoms with E-state index in [1.807, 2.05) is 36.2 Å². The predicted molar refractivity (Wildman–Crippen MR) is 156 cm³/mol. The van der Waals surface area contributed by atoms with Crippen molar-refractivity contribution < 1.29 is 9.21 Å². The highest BCUT2D eigenvalue weighted by Crippen LogP contribution is 2.30. The fourth-order valence-electron chi connectivity index (χ4n) is 5.98. The average molecular weight is 533 g/mol. The number of nitrogens with zero attached hydrogens (tertiary/aromatic N) is 4. The molecule has 0 unspecified atom stereocenters. The van der Waals surface area contributed by atoms with E-state index in [-0.39, 0.29) is 6.03 Å². The maximum absolute atomic E-state index is 13.2. The molecule has 1 saturated heterocycles. The molecule has 2 amide bonds. The van der Waals surface area contributed by atoms with Crippen molar-refractivity contribution in [2.45, 2.75) is 39.3 Å². The number of hydrogen-bond acceptors (Lipinski definition) is 5. The summed E-state index contributed by atoms with van der Waals surface area (Å²) in [6.07, 6.45) is 4.78. The van der Waals surface area contributed by atoms with Gasteiger partial charge in [-0.15, -0.1) is 0 Å². The van der Waals surface area contributed by atoms with Crippen LogP contribution in [0.2, 0.25) is 0 Å². The molecule has 0 bridgehead atoms. The zero-order valence-electron chi connectivity index (χ0n) is 22.6. The van der Waals surface area contributed by atoms with Gasteiger partial charge in [0.1, 0.15) is 5.52 Å². The van der Waals surface area contributed by atoms with Gasteiger partial charge in [-0.2, -0.15) is 5.10 Å². The van der Waals surface area contributed by atoms with Crippen molar-refractivity contribution >= 4 is 27.9 Å². The third-order valence-electron chi connectivity index (χ3n) is 8.01. The number of likely N-dealkylation sites (tertiary alicyclic amines) is 1. The minimum absolute atomic E-state index is 0.0699. The van der Waals surface area contributed by atoms with E-state index in [0.29, 0.717) is 19.0 Å². The molecule has 5 aromatic rings. The van der Waals surface area contributed by atoms with E-state index in [1.54, 1.807) is 0 Å². The van der Waals surface area contributed by atoms with E-state index in [2.05, 4.69) is 67.9 Å². The summed E-state index contributed by atoms with van der Waals surface area (Å²) in [5.74, 6) is 0.642. The summed E-state index contributed by atoms with van der Waals surface area (Å²) in [7, 11) is 0. The van der Waals surface area contributed by atoms with E-state index in [9.17, 15) is 4.79 Å². The molecular weight excluding hydrogens is 500 g/mol. The smallest absolute Gasteiger partial charge is 0.321 e. The molecule has 1 fully saturated rings. The number of urea groups is 1. The summed E-state index contributed by atoms with van der Waals surface area (Å²) in [5, 5.41) is 13.4. The summed E-state index contributed by atoms with van der Waals surface area (Å²) in [4.78, 5) is 22.0. The summed E-state index contributed by atoms with van der Waals surface area (Å²) >= 11 is 0. The molecule has 2 N–H and O–H groups in total. The Kier molecular flexibility index (Phi) is 6.32. The summed E-state index contributed by atoms with van der Waals surface area (Å²) in [6.45, 7) is 5.86. The van der Waals surface area contributed by atoms with Gasteiger partial charge in [0.15, 0.2) is 11.5 Å². The van der Waals surface area contributed by atoms with Gasteiger partial charge in [0.2, 0.25) is 0 Å². The summed E-state index contributed by atoms with van der Waals surface area (Å²) in [5.41, 5.74) is 8.14. The normalized spacial score (nSPS) is 17.0. The minimum atomic E-state index is -0.0699. The third kappa shape index (κ3) is 4.86. The number of hydrogen-bond donors (Lipinski definition) is 2. The van der Waals surface area contributed by atoms with Gasteiger partial charge in [-0.25, -0.2) is 9.78 Å². The lowest BCUT2D eigenvalue weighted by atomic mass is 10.0. The molecule has 40 heavy (non-hydrogen) atoms. The molecule has 2 aliphatic rings. The number of rotatable bonds is 4. The van der Waals surface area contributed by atoms with Crippen molar-refractivity contribution in [2.75, 3.05) is 19.6 Å². The molecule has 8 nitrogen and oxygen atoms in total. The Bertz CT molecular complexity index is 1750. The highest BCUT2D eigenvalue weighted by molar-refractivity contribution is 5.83. The van der Waals surface area contributed by atoms with Gasteiger partial charge in [-0.3, -0.25) is 10.00 Å². The molecule has 0 spiro atoms. The van der Waals surface area contributed by atoms with Gasteiger partial charge in [0.25, 0.3) is 0 Å². The van der Waals surface area contributed by atoms with Crippen LogP contribution >= 0.6 is 0 Å². The van der Waals surface area contributed by atoms with Crippen LogP contribution in [0.4, 0.5) is 4.79 Å². The van der Waals surface area contributed by atoms with E-state index < -0.39 is 0 Å². The first-order valence-corrected chi connectivity index (χ1v) is 14.0. The largest absolute Gasteiger partial charge is 0.441 e. The molecule has 0 aliphatic carbocycles. The maximum atomic E-state index is 13.2. The van der Waals surface area contributed by atoms with E-state index in [4.69, 9.17) is 4.42 Å². The lowest BCUT2D eigenvalue weighted by molar-refractivity contribution is 0.195. The second kappa shape index (κ2) is 10.3. The molecule has 8 heteroatoms. The minimum Gasteiger partial charge on any atom is -0.441 e. The van der Waals surface area contributed by atoms with Crippen LogP contribution in [-0.2, 0) is 19.5 Å². The summed E-state index contributed by atoms with van der Waals surface area (Å²) < 4.78 is 5.62. The van der Waals surface area contributed by atoms with Crippen LogP contribution in [0.15, 0.2) is 76.9 Å². The average Bonchev–Trinajstić information content (AvgIpc) is 3.57. The Balaban J connectivity index is 1.00. The molecule has 3 aromatic carbocycles. The number of amides is 2. The van der Waals surface area contributed by atoms with Gasteiger partial charge in [0, 0.05) is 56.0 Å². The SMILES string of the molecule is Cc1nc2cc(-c3n[nH]c4c3CN(C(=O)N/C=C3/CCCN(Cc5ccc6ccccc6c5)C3)CC4)ccc2o1. The molecule has 4 heterocycles. The van der Waals surface area contributed by atoms with Crippen LogP contribution in [0.1, 0.15) is 35.6 Å². The number of carbonyl (C=O) groups is 1. The van der Waals surface area contributed by atoms with Crippen molar-refractivity contribution in [1.29, 1.82) is 0 Å². The quantitative estimate of drug-likeness (QED) is 0.300. The summed E-state index contributed by atoms with van der Waals surface area (Å²) in [6, 6.07) is 21.1. The number of aromatic nitrogens is 3. The predicted octanol–water partition coefficient (Wildman–Crippen LogP) is 5.93. The lowest BCUT2D eigenvalue weighted by Crippen LogP contribution is -2.41. The molecule has 202 valence electrons. The van der Waals surface area contributed by atoms with Gasteiger partial charge in [-0.1, -0.05) is 36.4 Å². The number of fused-ring (bicyclic) bond motifs is 3. The Hall–Kier alpha value is -4.43. The van der Waals surface area contributed by atoms with Crippen LogP contribution < -0.4 is 5.32 Å². The number of benzene rings is 3. The molecule has 0 radical (unpaired) electrons. The van der Waals surface area contributed by atoms with Crippen LogP contribution in [0.25, 0.3) is 33.1 Å². The molecule has 0 atom stereocenters. The number of carbonyl (C=O) groups excluding carboxylic acids is 1. The molecule has 7 rings (SSSR count). The van der Waals surface area contributed by atoms with Crippen LogP contribution in [0, 0.1) is 6.92 Å². The van der Waals surface area contributed by atoms with Gasteiger partial charge >= 0.3 is 6.03 Å². The van der Waals surface area contributed by atoms with Crippen molar-refractivity contribution in [3.8, 4) is 11.3 Å². The van der Waals surface area contributed by atoms with E-state index >= 15 is 0 Å². The Morgan fingerprint density at radius 1 is 1.05 bits per heavy atom. The van der Waals surface area contributed by atoms with Crippen molar-refractivity contribution in [2.24, 2.45) is 0 Å². The molecule has 2 aliphatic heterocycles. The number of nitrogens with one attached hydrogen (secondary N) is 2. The number of H-pyrrole nitrogens is 1. The van der Waals surface area contributed by atoms with Crippen molar-refractivity contribution in [3.05, 3.63) is 95.1 Å². The zero-order chi connectivity index (χ0) is 27.1. The van der Waals surface area contributed by atoms with Gasteiger partial charge < -0.3 is 14.6 Å². The fourth-order valence-corrected chi connectivity index (χ4v) is 5.98. The highest BCUT2D eigenvalue weighted by atomic mass is 16.3. The molecule has 2 aromatic heterocycles. The fraction of sp³-hybridized carbons (Fsp3) is 0.281. The third-order valence-corrected chi connectivity index (χ3v) is 8.01. The second-order valence-electron chi connectivity index (χ2n) is 10.9.